The highest BCUT2D eigenvalue weighted by Gasteiger charge is 2.30. The van der Waals surface area contributed by atoms with Crippen molar-refractivity contribution in [3.8, 4) is 0 Å². The Bertz CT molecular complexity index is 515. The van der Waals surface area contributed by atoms with E-state index < -0.39 is 0 Å². The lowest BCUT2D eigenvalue weighted by Crippen LogP contribution is -2.29. The Kier molecular flexibility index (Phi) is 19.3. The molecule has 2 saturated carbocycles. The summed E-state index contributed by atoms with van der Waals surface area (Å²) in [4.78, 5) is 12.5. The number of hydrogen-bond donors (Lipinski definition) is 0. The third-order valence-electron chi connectivity index (χ3n) is 8.02. The second kappa shape index (κ2) is 21.7. The van der Waals surface area contributed by atoms with Gasteiger partial charge in [0.25, 0.3) is 0 Å². The number of hydrogen-bond acceptors (Lipinski definition) is 5. The van der Waals surface area contributed by atoms with Crippen LogP contribution in [0.25, 0.3) is 0 Å². The van der Waals surface area contributed by atoms with E-state index in [4.69, 9.17) is 18.9 Å². The number of ether oxygens (including phenoxy) is 4. The zero-order valence-electron chi connectivity index (χ0n) is 23.2. The largest absolute Gasteiger partial charge is 0.463 e. The van der Waals surface area contributed by atoms with E-state index in [9.17, 15) is 4.79 Å². The van der Waals surface area contributed by atoms with Gasteiger partial charge in [0.1, 0.15) is 6.61 Å². The van der Waals surface area contributed by atoms with Crippen LogP contribution in [-0.2, 0) is 23.7 Å². The summed E-state index contributed by atoms with van der Waals surface area (Å²) in [5, 5.41) is 0. The molecule has 6 heteroatoms. The van der Waals surface area contributed by atoms with Gasteiger partial charge in [-0.15, -0.1) is 0 Å². The molecular weight excluding hydrogens is 520 g/mol. The molecule has 0 aromatic carbocycles. The highest BCUT2D eigenvalue weighted by molar-refractivity contribution is 9.09. The van der Waals surface area contributed by atoms with Crippen molar-refractivity contribution in [2.75, 3.05) is 39.6 Å². The normalized spacial score (nSPS) is 24.6. The maximum atomic E-state index is 11.8. The number of carbonyl (C=O) groups excluding carboxylic acids is 1. The zero-order valence-corrected chi connectivity index (χ0v) is 24.8. The van der Waals surface area contributed by atoms with Gasteiger partial charge < -0.3 is 18.9 Å². The van der Waals surface area contributed by atoms with E-state index in [1.807, 2.05) is 0 Å². The second-order valence-corrected chi connectivity index (χ2v) is 12.2. The van der Waals surface area contributed by atoms with Crippen LogP contribution >= 0.6 is 15.9 Å². The first-order valence-corrected chi connectivity index (χ1v) is 16.2. The molecule has 0 saturated heterocycles. The highest BCUT2D eigenvalue weighted by atomic mass is 79.9. The minimum Gasteiger partial charge on any atom is -0.463 e. The van der Waals surface area contributed by atoms with Crippen molar-refractivity contribution in [2.45, 2.75) is 133 Å². The van der Waals surface area contributed by atoms with Crippen molar-refractivity contribution in [3.63, 3.8) is 0 Å². The molecular formula is C30H55BrO5. The van der Waals surface area contributed by atoms with Crippen LogP contribution in [0.1, 0.15) is 122 Å². The standard InChI is InChI=1S/C30H55BrO5/c1-2-3-4-5-6-7-8-9-10-11-30(32)36-25-23-34-21-20-33-22-24-35-29-18-14-27(15-19-29)26-12-16-28(31)17-13-26/h26-29H,2-25H2,1H3. The molecule has 2 fully saturated rings. The number of rotatable bonds is 21. The van der Waals surface area contributed by atoms with Gasteiger partial charge in [0.2, 0.25) is 0 Å². The van der Waals surface area contributed by atoms with Gasteiger partial charge in [-0.05, 0) is 69.6 Å². The quantitative estimate of drug-likeness (QED) is 0.0788. The molecule has 0 atom stereocenters. The zero-order chi connectivity index (χ0) is 25.7. The second-order valence-electron chi connectivity index (χ2n) is 10.9. The van der Waals surface area contributed by atoms with E-state index in [0.29, 0.717) is 52.2 Å². The van der Waals surface area contributed by atoms with Crippen LogP contribution in [0.3, 0.4) is 0 Å². The van der Waals surface area contributed by atoms with Crippen LogP contribution < -0.4 is 0 Å². The summed E-state index contributed by atoms with van der Waals surface area (Å²) in [6.45, 7) is 5.38. The van der Waals surface area contributed by atoms with Crippen LogP contribution in [0.15, 0.2) is 0 Å². The summed E-state index contributed by atoms with van der Waals surface area (Å²) in [7, 11) is 0. The molecule has 36 heavy (non-hydrogen) atoms. The predicted octanol–water partition coefficient (Wildman–Crippen LogP) is 8.01. The first kappa shape index (κ1) is 32.0. The number of unbranched alkanes of at least 4 members (excludes halogenated alkanes) is 8. The molecule has 0 unspecified atom stereocenters. The highest BCUT2D eigenvalue weighted by Crippen LogP contribution is 2.40. The molecule has 0 aromatic heterocycles. The molecule has 5 nitrogen and oxygen atoms in total. The van der Waals surface area contributed by atoms with Crippen molar-refractivity contribution in [1.29, 1.82) is 0 Å². The maximum Gasteiger partial charge on any atom is 0.305 e. The van der Waals surface area contributed by atoms with Crippen molar-refractivity contribution < 1.29 is 23.7 Å². The SMILES string of the molecule is CCCCCCCCCCCC(=O)OCCOCCOCCOC1CCC(C2CCC(Br)CC2)CC1. The monoisotopic (exact) mass is 574 g/mol. The summed E-state index contributed by atoms with van der Waals surface area (Å²) >= 11 is 3.78. The van der Waals surface area contributed by atoms with Gasteiger partial charge in [0.15, 0.2) is 0 Å². The van der Waals surface area contributed by atoms with Crippen molar-refractivity contribution in [2.24, 2.45) is 11.8 Å². The molecule has 212 valence electrons. The molecule has 0 heterocycles. The fourth-order valence-corrected chi connectivity index (χ4v) is 6.27. The summed E-state index contributed by atoms with van der Waals surface area (Å²) in [6, 6.07) is 0. The molecule has 0 radical (unpaired) electrons. The molecule has 0 amide bonds. The van der Waals surface area contributed by atoms with Crippen molar-refractivity contribution in [1.82, 2.24) is 0 Å². The lowest BCUT2D eigenvalue weighted by molar-refractivity contribution is -0.145. The molecule has 0 spiro atoms. The van der Waals surface area contributed by atoms with Crippen LogP contribution in [0.4, 0.5) is 0 Å². The Labute approximate surface area is 230 Å². The summed E-state index contributed by atoms with van der Waals surface area (Å²) < 4.78 is 22.4. The lowest BCUT2D eigenvalue weighted by atomic mass is 9.73. The predicted molar refractivity (Wildman–Crippen MR) is 151 cm³/mol. The molecule has 2 aliphatic rings. The molecule has 0 aliphatic heterocycles. The Morgan fingerprint density at radius 3 is 1.75 bits per heavy atom. The van der Waals surface area contributed by atoms with Crippen LogP contribution in [0, 0.1) is 11.8 Å². The molecule has 0 bridgehead atoms. The third kappa shape index (κ3) is 15.9. The lowest BCUT2D eigenvalue weighted by Gasteiger charge is -2.36. The van der Waals surface area contributed by atoms with Gasteiger partial charge in [-0.25, -0.2) is 0 Å². The Morgan fingerprint density at radius 1 is 0.639 bits per heavy atom. The number of carbonyl (C=O) groups is 1. The fourth-order valence-electron chi connectivity index (χ4n) is 5.74. The van der Waals surface area contributed by atoms with Gasteiger partial charge in [-0.3, -0.25) is 4.79 Å². The average molecular weight is 576 g/mol. The van der Waals surface area contributed by atoms with E-state index in [1.54, 1.807) is 0 Å². The topological polar surface area (TPSA) is 54.0 Å². The van der Waals surface area contributed by atoms with Gasteiger partial charge >= 0.3 is 5.97 Å². The maximum absolute atomic E-state index is 11.8. The van der Waals surface area contributed by atoms with E-state index in [1.165, 1.54) is 96.3 Å². The van der Waals surface area contributed by atoms with E-state index >= 15 is 0 Å². The average Bonchev–Trinajstić information content (AvgIpc) is 2.89. The first-order chi connectivity index (χ1) is 17.7. The minimum atomic E-state index is -0.102. The Hall–Kier alpha value is -0.170. The fraction of sp³-hybridized carbons (Fsp3) is 0.967. The van der Waals surface area contributed by atoms with Gasteiger partial charge in [-0.1, -0.05) is 74.2 Å². The van der Waals surface area contributed by atoms with Gasteiger partial charge in [-0.2, -0.15) is 0 Å². The first-order valence-electron chi connectivity index (χ1n) is 15.3. The van der Waals surface area contributed by atoms with Crippen molar-refractivity contribution in [3.05, 3.63) is 0 Å². The van der Waals surface area contributed by atoms with Crippen LogP contribution in [-0.4, -0.2) is 56.5 Å². The number of halogens is 1. The van der Waals surface area contributed by atoms with E-state index in [-0.39, 0.29) is 5.97 Å². The smallest absolute Gasteiger partial charge is 0.305 e. The van der Waals surface area contributed by atoms with Crippen molar-refractivity contribution >= 4 is 21.9 Å². The molecule has 2 rings (SSSR count). The Morgan fingerprint density at radius 2 is 1.14 bits per heavy atom. The van der Waals surface area contributed by atoms with Crippen LogP contribution in [0.5, 0.6) is 0 Å². The van der Waals surface area contributed by atoms with Crippen LogP contribution in [0.2, 0.25) is 0 Å². The minimum absolute atomic E-state index is 0.102. The summed E-state index contributed by atoms with van der Waals surface area (Å²) in [5.74, 6) is 1.77. The van der Waals surface area contributed by atoms with E-state index in [2.05, 4.69) is 22.9 Å². The van der Waals surface area contributed by atoms with Gasteiger partial charge in [0, 0.05) is 11.2 Å². The third-order valence-corrected chi connectivity index (χ3v) is 8.93. The Balaban J connectivity index is 1.28. The number of alkyl halides is 1. The summed E-state index contributed by atoms with van der Waals surface area (Å²) in [6.07, 6.45) is 22.8. The molecule has 0 N–H and O–H groups in total. The molecule has 0 aromatic rings. The molecule has 2 aliphatic carbocycles. The number of esters is 1. The van der Waals surface area contributed by atoms with Gasteiger partial charge in [0.05, 0.1) is 39.1 Å². The summed E-state index contributed by atoms with van der Waals surface area (Å²) in [5.41, 5.74) is 0. The van der Waals surface area contributed by atoms with E-state index in [0.717, 1.165) is 29.5 Å².